The predicted octanol–water partition coefficient (Wildman–Crippen LogP) is 2.37. The zero-order valence-electron chi connectivity index (χ0n) is 17.4. The molecule has 0 aliphatic carbocycles. The van der Waals surface area contributed by atoms with Gasteiger partial charge in [-0.1, -0.05) is 42.5 Å². The molecule has 2 amide bonds. The lowest BCUT2D eigenvalue weighted by Crippen LogP contribution is -2.49. The van der Waals surface area contributed by atoms with E-state index in [0.29, 0.717) is 25.8 Å². The Morgan fingerprint density at radius 1 is 0.933 bits per heavy atom. The highest BCUT2D eigenvalue weighted by molar-refractivity contribution is 5.88. The largest absolute Gasteiger partial charge is 0.480 e. The van der Waals surface area contributed by atoms with Gasteiger partial charge in [0.15, 0.2) is 0 Å². The number of anilines is 1. The maximum absolute atomic E-state index is 12.6. The fourth-order valence-electron chi connectivity index (χ4n) is 3.01. The van der Waals surface area contributed by atoms with E-state index in [1.54, 1.807) is 0 Å². The Bertz CT molecular complexity index is 837. The second kappa shape index (κ2) is 11.7. The van der Waals surface area contributed by atoms with Gasteiger partial charge in [-0.05, 0) is 56.0 Å². The van der Waals surface area contributed by atoms with E-state index in [4.69, 9.17) is 5.11 Å². The van der Waals surface area contributed by atoms with Gasteiger partial charge in [0.2, 0.25) is 11.8 Å². The van der Waals surface area contributed by atoms with Crippen molar-refractivity contribution in [2.75, 3.05) is 11.9 Å². The normalized spacial score (nSPS) is 12.6. The van der Waals surface area contributed by atoms with Crippen LogP contribution in [-0.2, 0) is 27.2 Å². The molecule has 2 unspecified atom stereocenters. The van der Waals surface area contributed by atoms with Crippen LogP contribution < -0.4 is 16.0 Å². The molecule has 30 heavy (non-hydrogen) atoms. The van der Waals surface area contributed by atoms with Gasteiger partial charge in [0.25, 0.3) is 0 Å². The van der Waals surface area contributed by atoms with E-state index >= 15 is 0 Å². The van der Waals surface area contributed by atoms with Crippen molar-refractivity contribution in [2.45, 2.75) is 45.2 Å². The Morgan fingerprint density at radius 3 is 2.17 bits per heavy atom. The first kappa shape index (κ1) is 23.1. The monoisotopic (exact) mass is 411 g/mol. The molecule has 2 aromatic rings. The van der Waals surface area contributed by atoms with Gasteiger partial charge in [-0.2, -0.15) is 0 Å². The number of aliphatic carboxylic acids is 1. The zero-order chi connectivity index (χ0) is 21.9. The van der Waals surface area contributed by atoms with Gasteiger partial charge in [-0.3, -0.25) is 14.4 Å². The Kier molecular flexibility index (Phi) is 9.03. The number of carboxylic acids is 1. The number of hydrogen-bond donors (Lipinski definition) is 4. The van der Waals surface area contributed by atoms with Crippen LogP contribution >= 0.6 is 0 Å². The molecule has 2 aromatic carbocycles. The van der Waals surface area contributed by atoms with E-state index in [1.807, 2.05) is 54.6 Å². The Morgan fingerprint density at radius 2 is 1.57 bits per heavy atom. The minimum Gasteiger partial charge on any atom is -0.480 e. The maximum atomic E-state index is 12.6. The second-order valence-electron chi connectivity index (χ2n) is 7.23. The van der Waals surface area contributed by atoms with Crippen LogP contribution in [0.2, 0.25) is 0 Å². The van der Waals surface area contributed by atoms with Crippen LogP contribution in [0.15, 0.2) is 54.6 Å². The number of aryl methyl sites for hydroxylation is 1. The zero-order valence-corrected chi connectivity index (χ0v) is 17.4. The van der Waals surface area contributed by atoms with Gasteiger partial charge >= 0.3 is 5.97 Å². The lowest BCUT2D eigenvalue weighted by Gasteiger charge is -2.20. The van der Waals surface area contributed by atoms with E-state index in [2.05, 4.69) is 16.0 Å². The van der Waals surface area contributed by atoms with Crippen LogP contribution in [0.25, 0.3) is 0 Å². The van der Waals surface area contributed by atoms with Crippen molar-refractivity contribution >= 4 is 23.5 Å². The third kappa shape index (κ3) is 8.05. The van der Waals surface area contributed by atoms with Gasteiger partial charge < -0.3 is 21.1 Å². The SMILES string of the molecule is CC(=O)Nc1ccc(CCNC(CCc2ccccc2)C(=O)NC(C)C(=O)O)cc1. The summed E-state index contributed by atoms with van der Waals surface area (Å²) in [5.74, 6) is -1.50. The molecule has 160 valence electrons. The maximum Gasteiger partial charge on any atom is 0.325 e. The van der Waals surface area contributed by atoms with Crippen molar-refractivity contribution in [1.82, 2.24) is 10.6 Å². The third-order valence-electron chi connectivity index (χ3n) is 4.69. The number of hydrogen-bond acceptors (Lipinski definition) is 4. The van der Waals surface area contributed by atoms with Gasteiger partial charge in [0.05, 0.1) is 6.04 Å². The van der Waals surface area contributed by atoms with E-state index in [1.165, 1.54) is 13.8 Å². The number of amides is 2. The molecule has 0 radical (unpaired) electrons. The summed E-state index contributed by atoms with van der Waals surface area (Å²) in [6, 6.07) is 16.0. The molecule has 0 saturated carbocycles. The number of carboxylic acid groups (broad SMARTS) is 1. The van der Waals surface area contributed by atoms with Gasteiger partial charge in [0, 0.05) is 12.6 Å². The number of carbonyl (C=O) groups is 3. The highest BCUT2D eigenvalue weighted by atomic mass is 16.4. The standard InChI is InChI=1S/C23H29N3O4/c1-16(23(29)30)25-22(28)21(13-10-18-6-4-3-5-7-18)24-15-14-19-8-11-20(12-9-19)26-17(2)27/h3-9,11-12,16,21,24H,10,13-15H2,1-2H3,(H,25,28)(H,26,27)(H,29,30). The fraction of sp³-hybridized carbons (Fsp3) is 0.348. The van der Waals surface area contributed by atoms with Crippen LogP contribution in [0, 0.1) is 0 Å². The lowest BCUT2D eigenvalue weighted by atomic mass is 10.0. The predicted molar refractivity (Wildman–Crippen MR) is 116 cm³/mol. The minimum absolute atomic E-state index is 0.118. The summed E-state index contributed by atoms with van der Waals surface area (Å²) in [5, 5.41) is 17.6. The van der Waals surface area contributed by atoms with Crippen molar-refractivity contribution in [3.63, 3.8) is 0 Å². The van der Waals surface area contributed by atoms with E-state index in [0.717, 1.165) is 16.8 Å². The van der Waals surface area contributed by atoms with Crippen molar-refractivity contribution in [3.8, 4) is 0 Å². The third-order valence-corrected chi connectivity index (χ3v) is 4.69. The van der Waals surface area contributed by atoms with Crippen LogP contribution in [0.4, 0.5) is 5.69 Å². The topological polar surface area (TPSA) is 108 Å². The molecule has 0 bridgehead atoms. The van der Waals surface area contributed by atoms with E-state index in [-0.39, 0.29) is 11.8 Å². The van der Waals surface area contributed by atoms with E-state index < -0.39 is 18.1 Å². The highest BCUT2D eigenvalue weighted by Crippen LogP contribution is 2.10. The Hall–Kier alpha value is -3.19. The van der Waals surface area contributed by atoms with Gasteiger partial charge in [-0.25, -0.2) is 0 Å². The smallest absolute Gasteiger partial charge is 0.325 e. The highest BCUT2D eigenvalue weighted by Gasteiger charge is 2.22. The summed E-state index contributed by atoms with van der Waals surface area (Å²) in [4.78, 5) is 34.8. The fourth-order valence-corrected chi connectivity index (χ4v) is 3.01. The summed E-state index contributed by atoms with van der Waals surface area (Å²) in [6.07, 6.45) is 1.96. The van der Waals surface area contributed by atoms with Gasteiger partial charge in [0.1, 0.15) is 6.04 Å². The van der Waals surface area contributed by atoms with Crippen molar-refractivity contribution in [2.24, 2.45) is 0 Å². The number of rotatable bonds is 11. The average Bonchev–Trinajstić information content (AvgIpc) is 2.71. The number of nitrogens with one attached hydrogen (secondary N) is 3. The first-order valence-corrected chi connectivity index (χ1v) is 10.0. The first-order chi connectivity index (χ1) is 14.3. The molecular weight excluding hydrogens is 382 g/mol. The summed E-state index contributed by atoms with van der Waals surface area (Å²) < 4.78 is 0. The first-order valence-electron chi connectivity index (χ1n) is 10.0. The molecule has 0 heterocycles. The lowest BCUT2D eigenvalue weighted by molar-refractivity contribution is -0.141. The minimum atomic E-state index is -1.07. The Balaban J connectivity index is 1.93. The average molecular weight is 412 g/mol. The van der Waals surface area contributed by atoms with E-state index in [9.17, 15) is 14.4 Å². The van der Waals surface area contributed by atoms with Crippen LogP contribution in [0.1, 0.15) is 31.4 Å². The molecule has 0 aromatic heterocycles. The molecule has 2 rings (SSSR count). The second-order valence-corrected chi connectivity index (χ2v) is 7.23. The van der Waals surface area contributed by atoms with Crippen molar-refractivity contribution in [3.05, 3.63) is 65.7 Å². The van der Waals surface area contributed by atoms with Crippen LogP contribution in [0.3, 0.4) is 0 Å². The quantitative estimate of drug-likeness (QED) is 0.454. The molecule has 7 heteroatoms. The number of benzene rings is 2. The number of carbonyl (C=O) groups excluding carboxylic acids is 2. The summed E-state index contributed by atoms with van der Waals surface area (Å²) in [7, 11) is 0. The molecule has 0 aliphatic heterocycles. The molecule has 0 spiro atoms. The molecule has 7 nitrogen and oxygen atoms in total. The van der Waals surface area contributed by atoms with Crippen molar-refractivity contribution in [1.29, 1.82) is 0 Å². The van der Waals surface area contributed by atoms with Crippen molar-refractivity contribution < 1.29 is 19.5 Å². The van der Waals surface area contributed by atoms with Gasteiger partial charge in [-0.15, -0.1) is 0 Å². The molecule has 0 fully saturated rings. The summed E-state index contributed by atoms with van der Waals surface area (Å²) in [6.45, 7) is 3.47. The molecule has 0 saturated heterocycles. The Labute approximate surface area is 176 Å². The summed E-state index contributed by atoms with van der Waals surface area (Å²) >= 11 is 0. The van der Waals surface area contributed by atoms with Crippen LogP contribution in [-0.4, -0.2) is 41.5 Å². The molecule has 0 aliphatic rings. The van der Waals surface area contributed by atoms with Crippen LogP contribution in [0.5, 0.6) is 0 Å². The molecule has 4 N–H and O–H groups in total. The summed E-state index contributed by atoms with van der Waals surface area (Å²) in [5.41, 5.74) is 2.93. The molecular formula is C23H29N3O4. The molecule has 2 atom stereocenters.